The summed E-state index contributed by atoms with van der Waals surface area (Å²) in [6.07, 6.45) is 2.94. The zero-order valence-electron chi connectivity index (χ0n) is 7.99. The molecule has 0 heterocycles. The first kappa shape index (κ1) is 9.06. The molecule has 1 aromatic carbocycles. The molecule has 2 rings (SSSR count). The molecule has 1 aromatic rings. The van der Waals surface area contributed by atoms with Gasteiger partial charge in [-0.1, -0.05) is 0 Å². The van der Waals surface area contributed by atoms with Crippen LogP contribution in [0.25, 0.3) is 0 Å². The minimum Gasteiger partial charge on any atom is -0.504 e. The van der Waals surface area contributed by atoms with Crippen molar-refractivity contribution in [2.24, 2.45) is 0 Å². The average molecular weight is 192 g/mol. The van der Waals surface area contributed by atoms with Crippen LogP contribution in [0.5, 0.6) is 11.5 Å². The Labute approximate surface area is 82.3 Å². The van der Waals surface area contributed by atoms with Gasteiger partial charge in [-0.15, -0.1) is 0 Å². The molecular formula is C11H12O3. The Morgan fingerprint density at radius 1 is 1.50 bits per heavy atom. The van der Waals surface area contributed by atoms with Gasteiger partial charge in [0.05, 0.1) is 7.11 Å². The Morgan fingerprint density at radius 2 is 2.21 bits per heavy atom. The molecule has 1 aliphatic rings. The van der Waals surface area contributed by atoms with E-state index in [2.05, 4.69) is 0 Å². The lowest BCUT2D eigenvalue weighted by Crippen LogP contribution is -1.91. The number of rotatable bonds is 3. The van der Waals surface area contributed by atoms with Crippen LogP contribution in [-0.2, 0) is 0 Å². The van der Waals surface area contributed by atoms with E-state index < -0.39 is 0 Å². The molecule has 0 radical (unpaired) electrons. The van der Waals surface area contributed by atoms with Crippen molar-refractivity contribution in [2.45, 2.75) is 18.8 Å². The third-order valence-corrected chi connectivity index (χ3v) is 2.50. The van der Waals surface area contributed by atoms with Gasteiger partial charge in [-0.3, -0.25) is 4.79 Å². The molecule has 1 fully saturated rings. The normalized spacial score (nSPS) is 15.2. The molecule has 1 aliphatic carbocycles. The monoisotopic (exact) mass is 192 g/mol. The summed E-state index contributed by atoms with van der Waals surface area (Å²) in [6.45, 7) is 0. The first-order chi connectivity index (χ1) is 6.76. The summed E-state index contributed by atoms with van der Waals surface area (Å²) < 4.78 is 5.00. The number of hydrogen-bond acceptors (Lipinski definition) is 3. The summed E-state index contributed by atoms with van der Waals surface area (Å²) in [4.78, 5) is 10.6. The van der Waals surface area contributed by atoms with Gasteiger partial charge >= 0.3 is 0 Å². The van der Waals surface area contributed by atoms with E-state index in [1.54, 1.807) is 12.1 Å². The molecular weight excluding hydrogens is 180 g/mol. The number of benzene rings is 1. The topological polar surface area (TPSA) is 46.5 Å². The summed E-state index contributed by atoms with van der Waals surface area (Å²) in [7, 11) is 1.49. The molecule has 0 amide bonds. The van der Waals surface area contributed by atoms with Crippen LogP contribution >= 0.6 is 0 Å². The third-order valence-electron chi connectivity index (χ3n) is 2.50. The van der Waals surface area contributed by atoms with Gasteiger partial charge in [-0.25, -0.2) is 0 Å². The standard InChI is InChI=1S/C11H12O3/c1-14-10-5-7(6-12)4-9(11(10)13)8-2-3-8/h4-6,8,13H,2-3H2,1H3. The van der Waals surface area contributed by atoms with E-state index in [1.165, 1.54) is 7.11 Å². The minimum atomic E-state index is 0.181. The second-order valence-electron chi connectivity index (χ2n) is 3.55. The Hall–Kier alpha value is -1.51. The highest BCUT2D eigenvalue weighted by atomic mass is 16.5. The van der Waals surface area contributed by atoms with Crippen LogP contribution < -0.4 is 4.74 Å². The van der Waals surface area contributed by atoms with Crippen molar-refractivity contribution in [2.75, 3.05) is 7.11 Å². The summed E-state index contributed by atoms with van der Waals surface area (Å²) in [5.74, 6) is 0.973. The average Bonchev–Trinajstić information content (AvgIpc) is 3.02. The number of ether oxygens (including phenoxy) is 1. The number of aromatic hydroxyl groups is 1. The van der Waals surface area contributed by atoms with Crippen LogP contribution in [-0.4, -0.2) is 18.5 Å². The number of hydrogen-bond donors (Lipinski definition) is 1. The summed E-state index contributed by atoms with van der Waals surface area (Å²) in [5.41, 5.74) is 1.40. The van der Waals surface area contributed by atoms with Crippen LogP contribution in [0.1, 0.15) is 34.7 Å². The second-order valence-corrected chi connectivity index (χ2v) is 3.55. The molecule has 0 atom stereocenters. The second kappa shape index (κ2) is 3.33. The predicted octanol–water partition coefficient (Wildman–Crippen LogP) is 2.09. The Balaban J connectivity index is 2.50. The first-order valence-corrected chi connectivity index (χ1v) is 4.62. The van der Waals surface area contributed by atoms with E-state index in [0.29, 0.717) is 17.2 Å². The van der Waals surface area contributed by atoms with Gasteiger partial charge in [0.1, 0.15) is 6.29 Å². The molecule has 1 N–H and O–H groups in total. The highest BCUT2D eigenvalue weighted by Gasteiger charge is 2.28. The van der Waals surface area contributed by atoms with Gasteiger partial charge in [0, 0.05) is 11.1 Å². The van der Waals surface area contributed by atoms with Crippen molar-refractivity contribution in [3.8, 4) is 11.5 Å². The smallest absolute Gasteiger partial charge is 0.161 e. The summed E-state index contributed by atoms with van der Waals surface area (Å²) in [6, 6.07) is 3.29. The maximum Gasteiger partial charge on any atom is 0.161 e. The van der Waals surface area contributed by atoms with E-state index in [4.69, 9.17) is 4.74 Å². The largest absolute Gasteiger partial charge is 0.504 e. The van der Waals surface area contributed by atoms with Gasteiger partial charge in [0.15, 0.2) is 11.5 Å². The van der Waals surface area contributed by atoms with Gasteiger partial charge in [0.2, 0.25) is 0 Å². The highest BCUT2D eigenvalue weighted by Crippen LogP contribution is 2.47. The zero-order valence-corrected chi connectivity index (χ0v) is 7.99. The lowest BCUT2D eigenvalue weighted by molar-refractivity contribution is 0.112. The molecule has 3 nitrogen and oxygen atoms in total. The van der Waals surface area contributed by atoms with Crippen LogP contribution in [0, 0.1) is 0 Å². The molecule has 3 heteroatoms. The van der Waals surface area contributed by atoms with Gasteiger partial charge in [-0.2, -0.15) is 0 Å². The molecule has 74 valence electrons. The van der Waals surface area contributed by atoms with Crippen LogP contribution in [0.15, 0.2) is 12.1 Å². The van der Waals surface area contributed by atoms with Crippen molar-refractivity contribution >= 4 is 6.29 Å². The lowest BCUT2D eigenvalue weighted by atomic mass is 10.1. The number of carbonyl (C=O) groups is 1. The number of phenols is 1. The molecule has 0 unspecified atom stereocenters. The number of phenolic OH excluding ortho intramolecular Hbond substituents is 1. The third kappa shape index (κ3) is 1.45. The van der Waals surface area contributed by atoms with Gasteiger partial charge in [0.25, 0.3) is 0 Å². The molecule has 0 bridgehead atoms. The Bertz CT molecular complexity index is 367. The van der Waals surface area contributed by atoms with E-state index >= 15 is 0 Å². The predicted molar refractivity (Wildman–Crippen MR) is 52.0 cm³/mol. The van der Waals surface area contributed by atoms with E-state index in [1.807, 2.05) is 0 Å². The molecule has 0 aromatic heterocycles. The van der Waals surface area contributed by atoms with Crippen molar-refractivity contribution in [3.05, 3.63) is 23.3 Å². The van der Waals surface area contributed by atoms with Crippen molar-refractivity contribution in [3.63, 3.8) is 0 Å². The van der Waals surface area contributed by atoms with Crippen LogP contribution in [0.4, 0.5) is 0 Å². The molecule has 0 aliphatic heterocycles. The number of carbonyl (C=O) groups excluding carboxylic acids is 1. The van der Waals surface area contributed by atoms with Crippen molar-refractivity contribution in [1.29, 1.82) is 0 Å². The quantitative estimate of drug-likeness (QED) is 0.746. The zero-order chi connectivity index (χ0) is 10.1. The Kier molecular flexibility index (Phi) is 2.15. The molecule has 0 spiro atoms. The van der Waals surface area contributed by atoms with E-state index in [0.717, 1.165) is 24.7 Å². The first-order valence-electron chi connectivity index (χ1n) is 4.62. The summed E-state index contributed by atoms with van der Waals surface area (Å²) in [5, 5.41) is 9.78. The maximum absolute atomic E-state index is 10.6. The van der Waals surface area contributed by atoms with Crippen LogP contribution in [0.2, 0.25) is 0 Å². The number of aldehydes is 1. The fourth-order valence-corrected chi connectivity index (χ4v) is 1.58. The molecule has 1 saturated carbocycles. The van der Waals surface area contributed by atoms with E-state index in [-0.39, 0.29) is 5.75 Å². The van der Waals surface area contributed by atoms with Gasteiger partial charge < -0.3 is 9.84 Å². The van der Waals surface area contributed by atoms with Crippen molar-refractivity contribution < 1.29 is 14.6 Å². The summed E-state index contributed by atoms with van der Waals surface area (Å²) >= 11 is 0. The number of methoxy groups -OCH3 is 1. The fraction of sp³-hybridized carbons (Fsp3) is 0.364. The SMILES string of the molecule is COc1cc(C=O)cc(C2CC2)c1O. The van der Waals surface area contributed by atoms with E-state index in [9.17, 15) is 9.90 Å². The molecule has 0 saturated heterocycles. The Morgan fingerprint density at radius 3 is 2.71 bits per heavy atom. The lowest BCUT2D eigenvalue weighted by Gasteiger charge is -2.08. The van der Waals surface area contributed by atoms with Crippen molar-refractivity contribution in [1.82, 2.24) is 0 Å². The minimum absolute atomic E-state index is 0.181. The van der Waals surface area contributed by atoms with Crippen LogP contribution in [0.3, 0.4) is 0 Å². The molecule has 14 heavy (non-hydrogen) atoms. The maximum atomic E-state index is 10.6. The highest BCUT2D eigenvalue weighted by molar-refractivity contribution is 5.77. The van der Waals surface area contributed by atoms with Gasteiger partial charge in [-0.05, 0) is 30.9 Å². The fourth-order valence-electron chi connectivity index (χ4n) is 1.58.